The molecule has 0 spiro atoms. The van der Waals surface area contributed by atoms with E-state index in [1.807, 2.05) is 0 Å². The number of aliphatic hydroxyl groups excluding tert-OH is 1. The normalized spacial score (nSPS) is 10.3. The van der Waals surface area contributed by atoms with Gasteiger partial charge in [-0.15, -0.1) is 0 Å². The van der Waals surface area contributed by atoms with Gasteiger partial charge in [0, 0.05) is 12.2 Å². The molecule has 0 heterocycles. The maximum absolute atomic E-state index is 12.1. The minimum atomic E-state index is -0.482. The van der Waals surface area contributed by atoms with E-state index in [2.05, 4.69) is 5.32 Å². The van der Waals surface area contributed by atoms with E-state index in [1.165, 1.54) is 0 Å². The molecule has 0 fully saturated rings. The van der Waals surface area contributed by atoms with Crippen molar-refractivity contribution < 1.29 is 19.4 Å². The average Bonchev–Trinajstić information content (AvgIpc) is 2.59. The Morgan fingerprint density at radius 1 is 1.04 bits per heavy atom. The fourth-order valence-corrected chi connectivity index (χ4v) is 2.49. The van der Waals surface area contributed by atoms with Gasteiger partial charge in [-0.05, 0) is 24.3 Å². The molecule has 0 aromatic heterocycles. The van der Waals surface area contributed by atoms with Crippen LogP contribution in [0.2, 0.25) is 10.0 Å². The molecule has 0 amide bonds. The summed E-state index contributed by atoms with van der Waals surface area (Å²) in [6, 6.07) is 12.0. The van der Waals surface area contributed by atoms with Gasteiger partial charge >= 0.3 is 5.97 Å². The quantitative estimate of drug-likeness (QED) is 0.549. The Morgan fingerprint density at radius 2 is 1.75 bits per heavy atom. The first-order valence-electron chi connectivity index (χ1n) is 7.31. The van der Waals surface area contributed by atoms with E-state index < -0.39 is 5.97 Å². The lowest BCUT2D eigenvalue weighted by atomic mass is 10.2. The predicted molar refractivity (Wildman–Crippen MR) is 94.3 cm³/mol. The highest BCUT2D eigenvalue weighted by atomic mass is 35.5. The van der Waals surface area contributed by atoms with Crippen LogP contribution >= 0.6 is 23.2 Å². The molecule has 7 heteroatoms. The van der Waals surface area contributed by atoms with Crippen LogP contribution < -0.4 is 10.1 Å². The van der Waals surface area contributed by atoms with Crippen molar-refractivity contribution in [2.45, 2.75) is 0 Å². The molecule has 5 nitrogen and oxygen atoms in total. The van der Waals surface area contributed by atoms with E-state index in [1.54, 1.807) is 42.5 Å². The number of benzene rings is 2. The number of ether oxygens (including phenoxy) is 2. The van der Waals surface area contributed by atoms with Crippen molar-refractivity contribution in [1.82, 2.24) is 0 Å². The summed E-state index contributed by atoms with van der Waals surface area (Å²) in [6.07, 6.45) is 0. The fraction of sp³-hybridized carbons (Fsp3) is 0.235. The standard InChI is InChI=1S/C17H17Cl2NO4/c18-13-5-3-6-14(19)16(13)23-10-11-24-17(22)12-4-1-2-7-15(12)20-8-9-21/h1-7,20-21H,8-11H2. The molecule has 0 aliphatic heterocycles. The fourth-order valence-electron chi connectivity index (χ4n) is 1.98. The number of hydrogen-bond acceptors (Lipinski definition) is 5. The number of hydrogen-bond donors (Lipinski definition) is 2. The Balaban J connectivity index is 1.88. The first-order valence-corrected chi connectivity index (χ1v) is 8.06. The van der Waals surface area contributed by atoms with E-state index in [9.17, 15) is 4.79 Å². The van der Waals surface area contributed by atoms with Crippen LogP contribution in [0.25, 0.3) is 0 Å². The van der Waals surface area contributed by atoms with Gasteiger partial charge in [-0.2, -0.15) is 0 Å². The van der Waals surface area contributed by atoms with Crippen molar-refractivity contribution in [3.63, 3.8) is 0 Å². The molecule has 0 radical (unpaired) electrons. The Kier molecular flexibility index (Phi) is 7.18. The largest absolute Gasteiger partial charge is 0.487 e. The van der Waals surface area contributed by atoms with Gasteiger partial charge in [-0.25, -0.2) is 4.79 Å². The van der Waals surface area contributed by atoms with Crippen LogP contribution in [0.4, 0.5) is 5.69 Å². The zero-order chi connectivity index (χ0) is 17.4. The number of nitrogens with one attached hydrogen (secondary N) is 1. The Labute approximate surface area is 150 Å². The summed E-state index contributed by atoms with van der Waals surface area (Å²) in [7, 11) is 0. The molecule has 24 heavy (non-hydrogen) atoms. The van der Waals surface area contributed by atoms with Gasteiger partial charge in [-0.1, -0.05) is 41.4 Å². The van der Waals surface area contributed by atoms with E-state index >= 15 is 0 Å². The second kappa shape index (κ2) is 9.37. The molecule has 0 aliphatic rings. The van der Waals surface area contributed by atoms with Crippen LogP contribution in [-0.2, 0) is 4.74 Å². The smallest absolute Gasteiger partial charge is 0.340 e. The summed E-state index contributed by atoms with van der Waals surface area (Å²) >= 11 is 12.0. The number of halogens is 2. The number of carbonyl (C=O) groups excluding carboxylic acids is 1. The first-order chi connectivity index (χ1) is 11.6. The van der Waals surface area contributed by atoms with Crippen LogP contribution in [-0.4, -0.2) is 37.4 Å². The van der Waals surface area contributed by atoms with Crippen molar-refractivity contribution >= 4 is 34.9 Å². The Morgan fingerprint density at radius 3 is 2.46 bits per heavy atom. The lowest BCUT2D eigenvalue weighted by Crippen LogP contribution is -2.15. The number of aliphatic hydroxyl groups is 1. The lowest BCUT2D eigenvalue weighted by Gasteiger charge is -2.12. The van der Waals surface area contributed by atoms with Crippen molar-refractivity contribution in [2.24, 2.45) is 0 Å². The maximum atomic E-state index is 12.1. The van der Waals surface area contributed by atoms with Gasteiger partial charge in [-0.3, -0.25) is 0 Å². The van der Waals surface area contributed by atoms with Crippen molar-refractivity contribution in [2.75, 3.05) is 31.7 Å². The summed E-state index contributed by atoms with van der Waals surface area (Å²) < 4.78 is 10.7. The van der Waals surface area contributed by atoms with Crippen LogP contribution in [0.3, 0.4) is 0 Å². The minimum absolute atomic E-state index is 0.0319. The van der Waals surface area contributed by atoms with Crippen molar-refractivity contribution in [3.05, 3.63) is 58.1 Å². The monoisotopic (exact) mass is 369 g/mol. The highest BCUT2D eigenvalue weighted by Gasteiger charge is 2.12. The SMILES string of the molecule is O=C(OCCOc1c(Cl)cccc1Cl)c1ccccc1NCCO. The molecule has 0 aliphatic carbocycles. The van der Waals surface area contributed by atoms with E-state index in [4.69, 9.17) is 37.8 Å². The van der Waals surface area contributed by atoms with Gasteiger partial charge < -0.3 is 19.9 Å². The summed E-state index contributed by atoms with van der Waals surface area (Å²) in [6.45, 7) is 0.490. The first kappa shape index (κ1) is 18.4. The van der Waals surface area contributed by atoms with Crippen LogP contribution in [0.1, 0.15) is 10.4 Å². The van der Waals surface area contributed by atoms with E-state index in [0.29, 0.717) is 33.6 Å². The Bertz CT molecular complexity index is 674. The molecule has 2 N–H and O–H groups in total. The molecule has 0 atom stereocenters. The molecule has 0 saturated carbocycles. The second-order valence-electron chi connectivity index (χ2n) is 4.73. The highest BCUT2D eigenvalue weighted by Crippen LogP contribution is 2.32. The minimum Gasteiger partial charge on any atom is -0.487 e. The number of rotatable bonds is 8. The summed E-state index contributed by atoms with van der Waals surface area (Å²) in [4.78, 5) is 12.1. The molecule has 2 rings (SSSR count). The zero-order valence-electron chi connectivity index (χ0n) is 12.8. The third kappa shape index (κ3) is 5.03. The van der Waals surface area contributed by atoms with Crippen molar-refractivity contribution in [1.29, 1.82) is 0 Å². The number of carbonyl (C=O) groups is 1. The highest BCUT2D eigenvalue weighted by molar-refractivity contribution is 6.37. The molecule has 2 aromatic rings. The van der Waals surface area contributed by atoms with E-state index in [-0.39, 0.29) is 19.8 Å². The molecule has 0 unspecified atom stereocenters. The maximum Gasteiger partial charge on any atom is 0.340 e. The molecular weight excluding hydrogens is 353 g/mol. The van der Waals surface area contributed by atoms with Crippen molar-refractivity contribution in [3.8, 4) is 5.75 Å². The van der Waals surface area contributed by atoms with Crippen LogP contribution in [0.5, 0.6) is 5.75 Å². The molecular formula is C17H17Cl2NO4. The van der Waals surface area contributed by atoms with Gasteiger partial charge in [0.05, 0.1) is 22.2 Å². The molecule has 0 saturated heterocycles. The third-order valence-electron chi connectivity index (χ3n) is 3.06. The predicted octanol–water partition coefficient (Wildman–Crippen LogP) is 3.63. The van der Waals surface area contributed by atoms with Gasteiger partial charge in [0.15, 0.2) is 5.75 Å². The van der Waals surface area contributed by atoms with Crippen LogP contribution in [0, 0.1) is 0 Å². The topological polar surface area (TPSA) is 67.8 Å². The summed E-state index contributed by atoms with van der Waals surface area (Å²) in [5, 5.41) is 12.6. The second-order valence-corrected chi connectivity index (χ2v) is 5.55. The average molecular weight is 370 g/mol. The molecule has 2 aromatic carbocycles. The lowest BCUT2D eigenvalue weighted by molar-refractivity contribution is 0.0451. The third-order valence-corrected chi connectivity index (χ3v) is 3.65. The number of esters is 1. The number of para-hydroxylation sites is 2. The summed E-state index contributed by atoms with van der Waals surface area (Å²) in [5.74, 6) is -0.119. The number of anilines is 1. The molecule has 0 bridgehead atoms. The van der Waals surface area contributed by atoms with E-state index in [0.717, 1.165) is 0 Å². The van der Waals surface area contributed by atoms with Gasteiger partial charge in [0.25, 0.3) is 0 Å². The van der Waals surface area contributed by atoms with Gasteiger partial charge in [0.2, 0.25) is 0 Å². The molecule has 128 valence electrons. The zero-order valence-corrected chi connectivity index (χ0v) is 14.3. The summed E-state index contributed by atoms with van der Waals surface area (Å²) in [5.41, 5.74) is 0.994. The van der Waals surface area contributed by atoms with Crippen LogP contribution in [0.15, 0.2) is 42.5 Å². The Hall–Kier alpha value is -1.95. The van der Waals surface area contributed by atoms with Gasteiger partial charge in [0.1, 0.15) is 13.2 Å².